The average molecular weight is 329 g/mol. The van der Waals surface area contributed by atoms with Crippen LogP contribution in [0.15, 0.2) is 47.6 Å². The van der Waals surface area contributed by atoms with Gasteiger partial charge in [0.25, 0.3) is 0 Å². The van der Waals surface area contributed by atoms with Gasteiger partial charge in [-0.1, -0.05) is 38.1 Å². The van der Waals surface area contributed by atoms with Gasteiger partial charge in [0.2, 0.25) is 5.75 Å². The first-order valence-corrected chi connectivity index (χ1v) is 7.27. The lowest BCUT2D eigenvalue weighted by Crippen LogP contribution is -2.13. The maximum atomic E-state index is 11.2. The van der Waals surface area contributed by atoms with Crippen molar-refractivity contribution in [3.05, 3.63) is 63.7 Å². The Morgan fingerprint density at radius 1 is 1.21 bits per heavy atom. The van der Waals surface area contributed by atoms with E-state index in [9.17, 15) is 10.1 Å². The first kappa shape index (κ1) is 17.3. The third kappa shape index (κ3) is 3.81. The number of amidine groups is 1. The minimum atomic E-state index is -0.576. The number of benzene rings is 2. The molecule has 7 nitrogen and oxygen atoms in total. The number of nitrogens with two attached hydrogens (primary N) is 1. The molecule has 0 aliphatic carbocycles. The van der Waals surface area contributed by atoms with Crippen LogP contribution in [-0.2, 0) is 5.41 Å². The maximum Gasteiger partial charge on any atom is 0.312 e. The van der Waals surface area contributed by atoms with E-state index in [0.717, 1.165) is 5.56 Å². The molecule has 2 aromatic rings. The van der Waals surface area contributed by atoms with Crippen molar-refractivity contribution in [2.24, 2.45) is 10.9 Å². The second-order valence-corrected chi connectivity index (χ2v) is 6.30. The van der Waals surface area contributed by atoms with Crippen molar-refractivity contribution < 1.29 is 14.9 Å². The monoisotopic (exact) mass is 329 g/mol. The summed E-state index contributed by atoms with van der Waals surface area (Å²) in [5.74, 6) is 0.361. The first-order chi connectivity index (χ1) is 11.2. The Labute approximate surface area is 139 Å². The zero-order valence-electron chi connectivity index (χ0n) is 13.7. The molecule has 0 amide bonds. The van der Waals surface area contributed by atoms with Crippen LogP contribution in [0.2, 0.25) is 0 Å². The quantitative estimate of drug-likeness (QED) is 0.291. The molecule has 7 heteroatoms. The van der Waals surface area contributed by atoms with Crippen molar-refractivity contribution in [1.29, 1.82) is 0 Å². The topological polar surface area (TPSA) is 111 Å². The van der Waals surface area contributed by atoms with Gasteiger partial charge >= 0.3 is 5.69 Å². The SMILES string of the molecule is CC(C)(C)c1ccc(Oc2ccc(/C(N)=N\O)cc2[N+](=O)[O-])cc1. The number of oxime groups is 1. The highest BCUT2D eigenvalue weighted by molar-refractivity contribution is 5.97. The van der Waals surface area contributed by atoms with E-state index < -0.39 is 4.92 Å². The van der Waals surface area contributed by atoms with E-state index in [1.54, 1.807) is 12.1 Å². The molecule has 0 fully saturated rings. The van der Waals surface area contributed by atoms with Crippen LogP contribution in [0.25, 0.3) is 0 Å². The van der Waals surface area contributed by atoms with Crippen LogP contribution < -0.4 is 10.5 Å². The van der Waals surface area contributed by atoms with Crippen LogP contribution >= 0.6 is 0 Å². The van der Waals surface area contributed by atoms with E-state index in [1.807, 2.05) is 12.1 Å². The highest BCUT2D eigenvalue weighted by Gasteiger charge is 2.19. The summed E-state index contributed by atoms with van der Waals surface area (Å²) >= 11 is 0. The van der Waals surface area contributed by atoms with Crippen LogP contribution in [0.4, 0.5) is 5.69 Å². The number of nitrogens with zero attached hydrogens (tertiary/aromatic N) is 2. The Morgan fingerprint density at radius 2 is 1.83 bits per heavy atom. The summed E-state index contributed by atoms with van der Waals surface area (Å²) in [6.07, 6.45) is 0. The summed E-state index contributed by atoms with van der Waals surface area (Å²) < 4.78 is 5.62. The highest BCUT2D eigenvalue weighted by atomic mass is 16.6. The van der Waals surface area contributed by atoms with Crippen molar-refractivity contribution in [3.8, 4) is 11.5 Å². The van der Waals surface area contributed by atoms with E-state index in [0.29, 0.717) is 5.75 Å². The lowest BCUT2D eigenvalue weighted by atomic mass is 9.87. The molecule has 126 valence electrons. The third-order valence-corrected chi connectivity index (χ3v) is 3.51. The van der Waals surface area contributed by atoms with Crippen molar-refractivity contribution >= 4 is 11.5 Å². The Bertz CT molecular complexity index is 777. The summed E-state index contributed by atoms with van der Waals surface area (Å²) in [6.45, 7) is 6.29. The fourth-order valence-electron chi connectivity index (χ4n) is 2.11. The third-order valence-electron chi connectivity index (χ3n) is 3.51. The highest BCUT2D eigenvalue weighted by Crippen LogP contribution is 2.33. The molecule has 2 aromatic carbocycles. The van der Waals surface area contributed by atoms with Gasteiger partial charge in [0.1, 0.15) is 5.75 Å². The zero-order chi connectivity index (χ0) is 17.9. The fraction of sp³-hybridized carbons (Fsp3) is 0.235. The molecule has 0 saturated carbocycles. The van der Waals surface area contributed by atoms with Crippen LogP contribution in [0, 0.1) is 10.1 Å². The molecule has 0 aliphatic rings. The predicted octanol–water partition coefficient (Wildman–Crippen LogP) is 3.78. The second-order valence-electron chi connectivity index (χ2n) is 6.30. The number of ether oxygens (including phenoxy) is 1. The second kappa shape index (κ2) is 6.57. The molecular weight excluding hydrogens is 310 g/mol. The van der Waals surface area contributed by atoms with Gasteiger partial charge in [-0.3, -0.25) is 10.1 Å². The van der Waals surface area contributed by atoms with Gasteiger partial charge in [-0.15, -0.1) is 0 Å². The van der Waals surface area contributed by atoms with E-state index in [2.05, 4.69) is 25.9 Å². The molecule has 0 aromatic heterocycles. The van der Waals surface area contributed by atoms with E-state index >= 15 is 0 Å². The van der Waals surface area contributed by atoms with Crippen LogP contribution in [0.3, 0.4) is 0 Å². The molecule has 0 unspecified atom stereocenters. The summed E-state index contributed by atoms with van der Waals surface area (Å²) in [7, 11) is 0. The molecule has 0 saturated heterocycles. The van der Waals surface area contributed by atoms with Gasteiger partial charge in [0.05, 0.1) is 4.92 Å². The lowest BCUT2D eigenvalue weighted by Gasteiger charge is -2.19. The van der Waals surface area contributed by atoms with Crippen LogP contribution in [0.5, 0.6) is 11.5 Å². The van der Waals surface area contributed by atoms with Crippen LogP contribution in [0.1, 0.15) is 31.9 Å². The first-order valence-electron chi connectivity index (χ1n) is 7.27. The Balaban J connectivity index is 2.34. The molecule has 24 heavy (non-hydrogen) atoms. The van der Waals surface area contributed by atoms with E-state index in [4.69, 9.17) is 15.7 Å². The molecule has 0 aliphatic heterocycles. The van der Waals surface area contributed by atoms with Gasteiger partial charge < -0.3 is 15.7 Å². The minimum Gasteiger partial charge on any atom is -0.450 e. The fourth-order valence-corrected chi connectivity index (χ4v) is 2.11. The van der Waals surface area contributed by atoms with Crippen molar-refractivity contribution in [2.45, 2.75) is 26.2 Å². The molecule has 0 spiro atoms. The standard InChI is InChI=1S/C17H19N3O4/c1-17(2,3)12-5-7-13(8-6-12)24-15-9-4-11(16(18)19-21)10-14(15)20(22)23/h4-10,21H,1-3H3,(H2,18,19). The minimum absolute atomic E-state index is 0.00727. The summed E-state index contributed by atoms with van der Waals surface area (Å²) in [4.78, 5) is 10.7. The normalized spacial score (nSPS) is 12.0. The van der Waals surface area contributed by atoms with Crippen LogP contribution in [-0.4, -0.2) is 16.0 Å². The van der Waals surface area contributed by atoms with Gasteiger partial charge in [-0.2, -0.15) is 0 Å². The number of nitro groups is 1. The molecule has 3 N–H and O–H groups in total. The number of hydrogen-bond acceptors (Lipinski definition) is 5. The van der Waals surface area contributed by atoms with Gasteiger partial charge in [0.15, 0.2) is 5.84 Å². The number of rotatable bonds is 4. The van der Waals surface area contributed by atoms with E-state index in [1.165, 1.54) is 18.2 Å². The molecular formula is C17H19N3O4. The molecule has 0 radical (unpaired) electrons. The van der Waals surface area contributed by atoms with E-state index in [-0.39, 0.29) is 28.3 Å². The van der Waals surface area contributed by atoms with Crippen molar-refractivity contribution in [3.63, 3.8) is 0 Å². The predicted molar refractivity (Wildman–Crippen MR) is 90.8 cm³/mol. The summed E-state index contributed by atoms with van der Waals surface area (Å²) in [6, 6.07) is 11.5. The Kier molecular flexibility index (Phi) is 4.73. The lowest BCUT2D eigenvalue weighted by molar-refractivity contribution is -0.385. The molecule has 0 bridgehead atoms. The van der Waals surface area contributed by atoms with Crippen molar-refractivity contribution in [1.82, 2.24) is 0 Å². The largest absolute Gasteiger partial charge is 0.450 e. The van der Waals surface area contributed by atoms with Gasteiger partial charge in [-0.05, 0) is 35.2 Å². The Hall–Kier alpha value is -3.09. The molecule has 2 rings (SSSR count). The Morgan fingerprint density at radius 3 is 2.33 bits per heavy atom. The van der Waals surface area contributed by atoms with Gasteiger partial charge in [-0.25, -0.2) is 0 Å². The molecule has 0 atom stereocenters. The number of hydrogen-bond donors (Lipinski definition) is 2. The average Bonchev–Trinajstić information content (AvgIpc) is 2.54. The smallest absolute Gasteiger partial charge is 0.312 e. The maximum absolute atomic E-state index is 11.2. The van der Waals surface area contributed by atoms with Crippen molar-refractivity contribution in [2.75, 3.05) is 0 Å². The summed E-state index contributed by atoms with van der Waals surface area (Å²) in [5, 5.41) is 22.8. The van der Waals surface area contributed by atoms with Gasteiger partial charge in [0, 0.05) is 11.6 Å². The molecule has 0 heterocycles. The number of nitro benzene ring substituents is 1. The zero-order valence-corrected chi connectivity index (χ0v) is 13.7. The summed E-state index contributed by atoms with van der Waals surface area (Å²) in [5.41, 5.74) is 6.57.